The molecule has 46 heavy (non-hydrogen) atoms. The maximum atomic E-state index is 13.7. The van der Waals surface area contributed by atoms with Gasteiger partial charge in [0.1, 0.15) is 17.2 Å². The summed E-state index contributed by atoms with van der Waals surface area (Å²) in [6.07, 6.45) is -9.34. The summed E-state index contributed by atoms with van der Waals surface area (Å²) in [7, 11) is 4.51. The molecule has 4 unspecified atom stereocenters. The predicted octanol–water partition coefficient (Wildman–Crippen LogP) is 6.62. The molecule has 2 fully saturated rings. The standard InChI is InChI=1S/C33H34F6N2O5/c1-43-23-14-27(44-2)25(28(15-23)45-3)17-40-30(42)24-16-31(20-7-5-4-6-8-20)29(10-9-26(24)41-31)46-18-19-11-21(32(34,35)36)13-22(12-19)33(37,38)39/h4-8,11-15,24,26,29,41H,9-10,16-18H2,1-3H3,(H,40,42). The SMILES string of the molecule is COc1cc(OC)c(CNC(=O)C2CC3(c4ccccc4)NC2CCC3OCc2cc(C(F)(F)F)cc(C(F)(F)F)c2)c(OC)c1. The zero-order valence-electron chi connectivity index (χ0n) is 25.4. The van der Waals surface area contributed by atoms with E-state index in [0.29, 0.717) is 54.2 Å². The maximum absolute atomic E-state index is 13.7. The van der Waals surface area contributed by atoms with Crippen molar-refractivity contribution >= 4 is 5.91 Å². The molecular formula is C33H34F6N2O5. The number of rotatable bonds is 10. The number of piperidine rings is 1. The van der Waals surface area contributed by atoms with Crippen molar-refractivity contribution in [1.82, 2.24) is 10.6 Å². The molecule has 0 radical (unpaired) electrons. The summed E-state index contributed by atoms with van der Waals surface area (Å²) < 4.78 is 103. The third-order valence-corrected chi connectivity index (χ3v) is 8.74. The van der Waals surface area contributed by atoms with E-state index in [9.17, 15) is 31.1 Å². The van der Waals surface area contributed by atoms with Crippen LogP contribution in [-0.4, -0.2) is 39.4 Å². The lowest BCUT2D eigenvalue weighted by Crippen LogP contribution is -2.54. The maximum Gasteiger partial charge on any atom is 0.416 e. The Morgan fingerprint density at radius 2 is 1.48 bits per heavy atom. The minimum Gasteiger partial charge on any atom is -0.496 e. The van der Waals surface area contributed by atoms with Crippen molar-refractivity contribution in [2.24, 2.45) is 5.92 Å². The summed E-state index contributed by atoms with van der Waals surface area (Å²) in [5, 5.41) is 6.54. The molecule has 0 aromatic heterocycles. The second kappa shape index (κ2) is 13.0. The van der Waals surface area contributed by atoms with Crippen LogP contribution in [0.2, 0.25) is 0 Å². The summed E-state index contributed by atoms with van der Waals surface area (Å²) in [4.78, 5) is 13.7. The number of benzene rings is 3. The summed E-state index contributed by atoms with van der Waals surface area (Å²) in [6.45, 7) is -0.375. The normalized spacial score (nSPS) is 22.8. The molecule has 248 valence electrons. The second-order valence-corrected chi connectivity index (χ2v) is 11.4. The highest BCUT2D eigenvalue weighted by molar-refractivity contribution is 5.80. The van der Waals surface area contributed by atoms with Crippen molar-refractivity contribution in [1.29, 1.82) is 0 Å². The van der Waals surface area contributed by atoms with Crippen LogP contribution in [0, 0.1) is 5.92 Å². The Hall–Kier alpha value is -3.97. The first-order valence-electron chi connectivity index (χ1n) is 14.6. The smallest absolute Gasteiger partial charge is 0.416 e. The number of nitrogens with one attached hydrogen (secondary N) is 2. The van der Waals surface area contributed by atoms with Gasteiger partial charge in [0.05, 0.1) is 68.7 Å². The van der Waals surface area contributed by atoms with Gasteiger partial charge >= 0.3 is 12.4 Å². The van der Waals surface area contributed by atoms with E-state index in [-0.39, 0.29) is 30.1 Å². The largest absolute Gasteiger partial charge is 0.496 e. The Labute approximate surface area is 262 Å². The van der Waals surface area contributed by atoms with Crippen LogP contribution < -0.4 is 24.8 Å². The van der Waals surface area contributed by atoms with Crippen LogP contribution in [0.5, 0.6) is 17.2 Å². The van der Waals surface area contributed by atoms with E-state index in [1.54, 1.807) is 12.1 Å². The number of hydrogen-bond donors (Lipinski definition) is 2. The fourth-order valence-electron chi connectivity index (χ4n) is 6.54. The number of hydrogen-bond acceptors (Lipinski definition) is 6. The number of carbonyl (C=O) groups excluding carboxylic acids is 1. The van der Waals surface area contributed by atoms with Gasteiger partial charge in [-0.05, 0) is 48.6 Å². The quantitative estimate of drug-likeness (QED) is 0.240. The van der Waals surface area contributed by atoms with Gasteiger partial charge in [-0.3, -0.25) is 4.79 Å². The van der Waals surface area contributed by atoms with E-state index >= 15 is 0 Å². The molecule has 1 amide bonds. The first-order valence-corrected chi connectivity index (χ1v) is 14.6. The molecule has 4 atom stereocenters. The number of fused-ring (bicyclic) bond motifs is 2. The van der Waals surface area contributed by atoms with Crippen molar-refractivity contribution in [2.75, 3.05) is 21.3 Å². The Bertz CT molecular complexity index is 1490. The Morgan fingerprint density at radius 3 is 2.02 bits per heavy atom. The lowest BCUT2D eigenvalue weighted by Gasteiger charge is -2.42. The average molecular weight is 653 g/mol. The summed E-state index contributed by atoms with van der Waals surface area (Å²) in [5.41, 5.74) is -2.53. The van der Waals surface area contributed by atoms with Crippen molar-refractivity contribution < 1.29 is 50.1 Å². The van der Waals surface area contributed by atoms with Crippen LogP contribution in [0.4, 0.5) is 26.3 Å². The fourth-order valence-corrected chi connectivity index (χ4v) is 6.54. The highest BCUT2D eigenvalue weighted by Gasteiger charge is 2.56. The molecule has 0 spiro atoms. The number of methoxy groups -OCH3 is 3. The molecule has 2 aliphatic heterocycles. The van der Waals surface area contributed by atoms with Gasteiger partial charge in [0, 0.05) is 18.2 Å². The van der Waals surface area contributed by atoms with E-state index in [1.807, 2.05) is 30.3 Å². The summed E-state index contributed by atoms with van der Waals surface area (Å²) in [5.74, 6) is 0.723. The second-order valence-electron chi connectivity index (χ2n) is 11.4. The highest BCUT2D eigenvalue weighted by Crippen LogP contribution is 2.48. The topological polar surface area (TPSA) is 78.1 Å². The zero-order valence-corrected chi connectivity index (χ0v) is 25.4. The Kier molecular flexibility index (Phi) is 9.46. The number of ether oxygens (including phenoxy) is 4. The lowest BCUT2D eigenvalue weighted by atomic mass is 9.80. The van der Waals surface area contributed by atoms with E-state index in [1.165, 1.54) is 21.3 Å². The summed E-state index contributed by atoms with van der Waals surface area (Å²) >= 11 is 0. The average Bonchev–Trinajstić information content (AvgIpc) is 3.36. The Morgan fingerprint density at radius 1 is 0.870 bits per heavy atom. The summed E-state index contributed by atoms with van der Waals surface area (Å²) in [6, 6.07) is 13.8. The van der Waals surface area contributed by atoms with Gasteiger partial charge in [-0.1, -0.05) is 30.3 Å². The van der Waals surface area contributed by atoms with Crippen molar-refractivity contribution in [3.63, 3.8) is 0 Å². The predicted molar refractivity (Wildman–Crippen MR) is 155 cm³/mol. The van der Waals surface area contributed by atoms with E-state index < -0.39 is 47.6 Å². The van der Waals surface area contributed by atoms with Crippen LogP contribution in [-0.2, 0) is 40.6 Å². The molecule has 0 aliphatic carbocycles. The number of amides is 1. The van der Waals surface area contributed by atoms with Gasteiger partial charge in [0.25, 0.3) is 0 Å². The van der Waals surface area contributed by atoms with E-state index in [4.69, 9.17) is 18.9 Å². The minimum atomic E-state index is -4.97. The monoisotopic (exact) mass is 652 g/mol. The van der Waals surface area contributed by atoms with Crippen LogP contribution >= 0.6 is 0 Å². The molecule has 13 heteroatoms. The molecule has 2 saturated heterocycles. The van der Waals surface area contributed by atoms with Crippen LogP contribution in [0.3, 0.4) is 0 Å². The van der Waals surface area contributed by atoms with Crippen molar-refractivity contribution in [3.8, 4) is 17.2 Å². The molecule has 3 aromatic carbocycles. The number of halogens is 6. The molecule has 2 heterocycles. The van der Waals surface area contributed by atoms with Gasteiger partial charge in [-0.2, -0.15) is 26.3 Å². The van der Waals surface area contributed by atoms with Gasteiger partial charge < -0.3 is 29.6 Å². The minimum absolute atomic E-state index is 0.0962. The van der Waals surface area contributed by atoms with Crippen LogP contribution in [0.1, 0.15) is 47.1 Å². The van der Waals surface area contributed by atoms with Gasteiger partial charge in [0.2, 0.25) is 5.91 Å². The lowest BCUT2D eigenvalue weighted by molar-refractivity contribution is -0.143. The molecule has 7 nitrogen and oxygen atoms in total. The first kappa shape index (κ1) is 33.4. The third-order valence-electron chi connectivity index (χ3n) is 8.74. The van der Waals surface area contributed by atoms with Crippen LogP contribution in [0.15, 0.2) is 60.7 Å². The van der Waals surface area contributed by atoms with Gasteiger partial charge in [-0.25, -0.2) is 0 Å². The van der Waals surface area contributed by atoms with Crippen molar-refractivity contribution in [2.45, 2.75) is 62.5 Å². The van der Waals surface area contributed by atoms with Gasteiger partial charge in [-0.15, -0.1) is 0 Å². The Balaban J connectivity index is 1.38. The van der Waals surface area contributed by atoms with Gasteiger partial charge in [0.15, 0.2) is 0 Å². The first-order chi connectivity index (χ1) is 21.8. The third kappa shape index (κ3) is 6.75. The molecule has 5 rings (SSSR count). The fraction of sp³-hybridized carbons (Fsp3) is 0.424. The zero-order chi connectivity index (χ0) is 33.3. The molecule has 2 aliphatic rings. The highest BCUT2D eigenvalue weighted by atomic mass is 19.4. The molecule has 3 aromatic rings. The van der Waals surface area contributed by atoms with Crippen LogP contribution in [0.25, 0.3) is 0 Å². The molecule has 2 N–H and O–H groups in total. The molecular weight excluding hydrogens is 618 g/mol. The molecule has 2 bridgehead atoms. The molecule has 0 saturated carbocycles. The number of alkyl halides is 6. The van der Waals surface area contributed by atoms with Crippen molar-refractivity contribution in [3.05, 3.63) is 88.5 Å². The van der Waals surface area contributed by atoms with E-state index in [0.717, 1.165) is 5.56 Å². The number of carbonyl (C=O) groups is 1. The van der Waals surface area contributed by atoms with E-state index in [2.05, 4.69) is 10.6 Å².